The quantitative estimate of drug-likeness (QED) is 0.474. The predicted molar refractivity (Wildman–Crippen MR) is 68.7 cm³/mol. The van der Waals surface area contributed by atoms with Crippen LogP contribution in [0.4, 0.5) is 5.82 Å². The summed E-state index contributed by atoms with van der Waals surface area (Å²) in [5.74, 6) is 0.528. The number of aryl methyl sites for hydroxylation is 1. The first-order valence-corrected chi connectivity index (χ1v) is 6.08. The normalized spacial score (nSPS) is 14.2. The lowest BCUT2D eigenvalue weighted by Gasteiger charge is -2.35. The van der Waals surface area contributed by atoms with Gasteiger partial charge >= 0.3 is 5.97 Å². The summed E-state index contributed by atoms with van der Waals surface area (Å²) >= 11 is 5.77. The molecule has 0 bridgehead atoms. The minimum atomic E-state index is -0.287. The van der Waals surface area contributed by atoms with E-state index < -0.39 is 0 Å². The summed E-state index contributed by atoms with van der Waals surface area (Å²) in [7, 11) is 0. The molecule has 0 spiro atoms. The van der Waals surface area contributed by atoms with Crippen LogP contribution < -0.4 is 4.90 Å². The lowest BCUT2D eigenvalue weighted by atomic mass is 10.1. The van der Waals surface area contributed by atoms with Crippen molar-refractivity contribution >= 4 is 23.4 Å². The molecular weight excluding hydrogens is 254 g/mol. The zero-order valence-electron chi connectivity index (χ0n) is 10.3. The van der Waals surface area contributed by atoms with Crippen LogP contribution in [-0.2, 0) is 9.53 Å². The Morgan fingerprint density at radius 3 is 3.00 bits per heavy atom. The van der Waals surface area contributed by atoms with Crippen LogP contribution >= 0.6 is 11.6 Å². The zero-order chi connectivity index (χ0) is 13.1. The molecule has 18 heavy (non-hydrogen) atoms. The van der Waals surface area contributed by atoms with E-state index in [2.05, 4.69) is 9.97 Å². The topological polar surface area (TPSA) is 55.3 Å². The van der Waals surface area contributed by atoms with E-state index in [0.29, 0.717) is 19.7 Å². The fourth-order valence-corrected chi connectivity index (χ4v) is 1.90. The number of carbonyl (C=O) groups excluding carboxylic acids is 1. The third kappa shape index (κ3) is 2.79. The van der Waals surface area contributed by atoms with Crippen LogP contribution in [0.2, 0.25) is 5.28 Å². The van der Waals surface area contributed by atoms with Crippen molar-refractivity contribution in [2.75, 3.05) is 24.6 Å². The van der Waals surface area contributed by atoms with E-state index in [1.54, 1.807) is 13.1 Å². The first kappa shape index (κ1) is 12.8. The second-order valence-corrected chi connectivity index (χ2v) is 4.39. The molecule has 0 aromatic carbocycles. The number of rotatable bonds is 3. The lowest BCUT2D eigenvalue weighted by molar-refractivity contribution is -0.137. The molecule has 1 fully saturated rings. The highest BCUT2D eigenvalue weighted by Gasteiger charge is 2.24. The number of nitrogens with zero attached hydrogens (tertiary/aromatic N) is 3. The Bertz CT molecular complexity index is 494. The number of anilines is 1. The van der Waals surface area contributed by atoms with Crippen molar-refractivity contribution in [3.8, 4) is 0 Å². The standard InChI is InChI=1S/C12H14ClN3O2/c1-3-18-10(17)4-9-6-16(7-9)11-8(2)5-14-12(13)15-11/h4-5H,3,6-7H2,1-2H3. The zero-order valence-corrected chi connectivity index (χ0v) is 11.1. The molecule has 0 aliphatic carbocycles. The fraction of sp³-hybridized carbons (Fsp3) is 0.417. The van der Waals surface area contributed by atoms with Gasteiger partial charge in [-0.15, -0.1) is 0 Å². The van der Waals surface area contributed by atoms with E-state index in [0.717, 1.165) is 17.0 Å². The van der Waals surface area contributed by atoms with Crippen LogP contribution in [-0.4, -0.2) is 35.6 Å². The summed E-state index contributed by atoms with van der Waals surface area (Å²) in [5.41, 5.74) is 2.00. The molecule has 2 rings (SSSR count). The Kier molecular flexibility index (Phi) is 3.81. The lowest BCUT2D eigenvalue weighted by Crippen LogP contribution is -2.41. The molecule has 1 saturated heterocycles. The van der Waals surface area contributed by atoms with Crippen molar-refractivity contribution in [2.45, 2.75) is 13.8 Å². The van der Waals surface area contributed by atoms with Crippen LogP contribution in [0.25, 0.3) is 0 Å². The van der Waals surface area contributed by atoms with Gasteiger partial charge in [-0.1, -0.05) is 0 Å². The van der Waals surface area contributed by atoms with Gasteiger partial charge < -0.3 is 9.64 Å². The van der Waals surface area contributed by atoms with Gasteiger partial charge in [0.2, 0.25) is 5.28 Å². The molecule has 0 atom stereocenters. The van der Waals surface area contributed by atoms with Gasteiger partial charge in [0.15, 0.2) is 0 Å². The maximum atomic E-state index is 11.2. The predicted octanol–water partition coefficient (Wildman–Crippen LogP) is 1.75. The second-order valence-electron chi connectivity index (χ2n) is 4.06. The van der Waals surface area contributed by atoms with Crippen LogP contribution in [0.5, 0.6) is 0 Å². The Hall–Kier alpha value is -1.62. The van der Waals surface area contributed by atoms with E-state index >= 15 is 0 Å². The monoisotopic (exact) mass is 267 g/mol. The first-order chi connectivity index (χ1) is 8.60. The molecule has 0 unspecified atom stereocenters. The molecule has 1 aliphatic heterocycles. The molecule has 0 N–H and O–H groups in total. The fourth-order valence-electron chi connectivity index (χ4n) is 1.77. The SMILES string of the molecule is CCOC(=O)C=C1CN(c2nc(Cl)ncc2C)C1. The third-order valence-corrected chi connectivity index (χ3v) is 2.79. The van der Waals surface area contributed by atoms with E-state index in [1.165, 1.54) is 6.08 Å². The summed E-state index contributed by atoms with van der Waals surface area (Å²) in [4.78, 5) is 21.4. The summed E-state index contributed by atoms with van der Waals surface area (Å²) < 4.78 is 4.85. The largest absolute Gasteiger partial charge is 0.463 e. The average Bonchev–Trinajstić information content (AvgIpc) is 2.27. The summed E-state index contributed by atoms with van der Waals surface area (Å²) in [6, 6.07) is 0. The summed E-state index contributed by atoms with van der Waals surface area (Å²) in [6.45, 7) is 5.46. The molecule has 2 heterocycles. The van der Waals surface area contributed by atoms with E-state index in [4.69, 9.17) is 16.3 Å². The number of carbonyl (C=O) groups is 1. The number of aromatic nitrogens is 2. The smallest absolute Gasteiger partial charge is 0.330 e. The van der Waals surface area contributed by atoms with Crippen molar-refractivity contribution in [3.63, 3.8) is 0 Å². The van der Waals surface area contributed by atoms with Crippen LogP contribution in [0.1, 0.15) is 12.5 Å². The van der Waals surface area contributed by atoms with Crippen LogP contribution in [0.15, 0.2) is 17.8 Å². The molecular formula is C12H14ClN3O2. The molecule has 6 heteroatoms. The average molecular weight is 268 g/mol. The first-order valence-electron chi connectivity index (χ1n) is 5.70. The summed E-state index contributed by atoms with van der Waals surface area (Å²) in [5, 5.41) is 0.235. The van der Waals surface area contributed by atoms with Crippen LogP contribution in [0.3, 0.4) is 0 Å². The minimum Gasteiger partial charge on any atom is -0.463 e. The van der Waals surface area contributed by atoms with Gasteiger partial charge in [-0.3, -0.25) is 0 Å². The highest BCUT2D eigenvalue weighted by Crippen LogP contribution is 2.25. The number of esters is 1. The van der Waals surface area contributed by atoms with Crippen molar-refractivity contribution < 1.29 is 9.53 Å². The Morgan fingerprint density at radius 2 is 2.33 bits per heavy atom. The molecule has 0 radical (unpaired) electrons. The van der Waals surface area contributed by atoms with Gasteiger partial charge in [0.25, 0.3) is 0 Å². The van der Waals surface area contributed by atoms with Gasteiger partial charge in [-0.2, -0.15) is 0 Å². The summed E-state index contributed by atoms with van der Waals surface area (Å²) in [6.07, 6.45) is 3.23. The molecule has 5 nitrogen and oxygen atoms in total. The minimum absolute atomic E-state index is 0.235. The number of ether oxygens (including phenoxy) is 1. The highest BCUT2D eigenvalue weighted by atomic mass is 35.5. The number of hydrogen-bond acceptors (Lipinski definition) is 5. The maximum Gasteiger partial charge on any atom is 0.330 e. The Balaban J connectivity index is 2.00. The number of hydrogen-bond donors (Lipinski definition) is 0. The van der Waals surface area contributed by atoms with Crippen molar-refractivity contribution in [1.82, 2.24) is 9.97 Å². The Labute approximate surface area is 110 Å². The molecule has 96 valence electrons. The van der Waals surface area contributed by atoms with Crippen molar-refractivity contribution in [3.05, 3.63) is 28.7 Å². The molecule has 1 aliphatic rings. The van der Waals surface area contributed by atoms with Crippen LogP contribution in [0, 0.1) is 6.92 Å². The van der Waals surface area contributed by atoms with Gasteiger partial charge in [-0.05, 0) is 31.0 Å². The number of halogens is 1. The van der Waals surface area contributed by atoms with E-state index in [9.17, 15) is 4.79 Å². The van der Waals surface area contributed by atoms with Gasteiger partial charge in [0.05, 0.1) is 6.61 Å². The van der Waals surface area contributed by atoms with Crippen molar-refractivity contribution in [2.24, 2.45) is 0 Å². The molecule has 1 aromatic rings. The van der Waals surface area contributed by atoms with E-state index in [-0.39, 0.29) is 11.3 Å². The van der Waals surface area contributed by atoms with Gasteiger partial charge in [0.1, 0.15) is 5.82 Å². The van der Waals surface area contributed by atoms with Gasteiger partial charge in [-0.25, -0.2) is 14.8 Å². The molecule has 0 amide bonds. The highest BCUT2D eigenvalue weighted by molar-refractivity contribution is 6.28. The maximum absolute atomic E-state index is 11.2. The second kappa shape index (κ2) is 5.35. The third-order valence-electron chi connectivity index (χ3n) is 2.61. The van der Waals surface area contributed by atoms with Gasteiger partial charge in [0, 0.05) is 30.9 Å². The van der Waals surface area contributed by atoms with Crippen molar-refractivity contribution in [1.29, 1.82) is 0 Å². The molecule has 0 saturated carbocycles. The molecule has 1 aromatic heterocycles. The van der Waals surface area contributed by atoms with E-state index in [1.807, 2.05) is 11.8 Å². The Morgan fingerprint density at radius 1 is 1.61 bits per heavy atom.